The van der Waals surface area contributed by atoms with Crippen molar-refractivity contribution >= 4 is 33.8 Å². The Morgan fingerprint density at radius 3 is 2.61 bits per heavy atom. The summed E-state index contributed by atoms with van der Waals surface area (Å²) in [5.41, 5.74) is 7.69. The van der Waals surface area contributed by atoms with E-state index in [0.29, 0.717) is 35.9 Å². The minimum Gasteiger partial charge on any atom is -0.470 e. The lowest BCUT2D eigenvalue weighted by molar-refractivity contribution is -0.117. The Balaban J connectivity index is 1.59. The number of rotatable bonds is 11. The predicted molar refractivity (Wildman–Crippen MR) is 130 cm³/mol. The summed E-state index contributed by atoms with van der Waals surface area (Å²) in [4.78, 5) is 28.4. The van der Waals surface area contributed by atoms with Crippen LogP contribution in [0.1, 0.15) is 21.9 Å². The van der Waals surface area contributed by atoms with Crippen molar-refractivity contribution in [3.8, 4) is 5.88 Å². The van der Waals surface area contributed by atoms with E-state index >= 15 is 0 Å². The third-order valence-corrected chi connectivity index (χ3v) is 5.13. The molecule has 36 heavy (non-hydrogen) atoms. The average Bonchev–Trinajstić information content (AvgIpc) is 3.32. The van der Waals surface area contributed by atoms with E-state index < -0.39 is 0 Å². The van der Waals surface area contributed by atoms with E-state index in [1.54, 1.807) is 19.2 Å². The SMILES string of the molecule is COCCNC(=O)c1ccc(COc2nn3c(C(N)=CC(=O)COC)nnc3c3ccccc23)nc1. The van der Waals surface area contributed by atoms with Crippen LogP contribution in [0.4, 0.5) is 0 Å². The van der Waals surface area contributed by atoms with Crippen molar-refractivity contribution in [3.63, 3.8) is 0 Å². The van der Waals surface area contributed by atoms with E-state index in [0.717, 1.165) is 10.8 Å². The maximum atomic E-state index is 12.1. The highest BCUT2D eigenvalue weighted by Gasteiger charge is 2.17. The summed E-state index contributed by atoms with van der Waals surface area (Å²) in [6.07, 6.45) is 2.71. The molecule has 3 aromatic heterocycles. The van der Waals surface area contributed by atoms with Crippen LogP contribution in [0.3, 0.4) is 0 Å². The molecule has 0 aliphatic carbocycles. The second-order valence-corrected chi connectivity index (χ2v) is 7.68. The number of aromatic nitrogens is 5. The normalized spacial score (nSPS) is 11.7. The Morgan fingerprint density at radius 1 is 1.08 bits per heavy atom. The van der Waals surface area contributed by atoms with E-state index in [1.165, 1.54) is 23.9 Å². The number of nitrogens with two attached hydrogens (primary N) is 1. The lowest BCUT2D eigenvalue weighted by Crippen LogP contribution is -2.27. The molecule has 0 bridgehead atoms. The fraction of sp³-hybridized carbons (Fsp3) is 0.250. The molecule has 0 aliphatic rings. The van der Waals surface area contributed by atoms with Crippen LogP contribution in [-0.2, 0) is 20.9 Å². The second kappa shape index (κ2) is 11.3. The molecule has 0 saturated carbocycles. The van der Waals surface area contributed by atoms with Gasteiger partial charge in [0.25, 0.3) is 5.91 Å². The van der Waals surface area contributed by atoms with Crippen molar-refractivity contribution in [1.82, 2.24) is 30.1 Å². The molecule has 3 N–H and O–H groups in total. The van der Waals surface area contributed by atoms with Crippen LogP contribution in [0.2, 0.25) is 0 Å². The van der Waals surface area contributed by atoms with Crippen molar-refractivity contribution in [2.45, 2.75) is 6.61 Å². The molecular weight excluding hydrogens is 466 g/mol. The van der Waals surface area contributed by atoms with E-state index in [9.17, 15) is 9.59 Å². The lowest BCUT2D eigenvalue weighted by Gasteiger charge is -2.10. The zero-order valence-corrected chi connectivity index (χ0v) is 19.8. The van der Waals surface area contributed by atoms with Crippen LogP contribution in [0.5, 0.6) is 5.88 Å². The number of pyridine rings is 1. The van der Waals surface area contributed by atoms with Gasteiger partial charge in [-0.1, -0.05) is 18.2 Å². The number of carbonyl (C=O) groups is 2. The maximum absolute atomic E-state index is 12.1. The zero-order chi connectivity index (χ0) is 25.5. The van der Waals surface area contributed by atoms with Crippen LogP contribution in [0.15, 0.2) is 48.7 Å². The Bertz CT molecular complexity index is 1420. The summed E-state index contributed by atoms with van der Waals surface area (Å²) in [6, 6.07) is 10.8. The minimum absolute atomic E-state index is 0.0966. The lowest BCUT2D eigenvalue weighted by atomic mass is 10.2. The summed E-state index contributed by atoms with van der Waals surface area (Å²) in [5.74, 6) is -0.0452. The fourth-order valence-corrected chi connectivity index (χ4v) is 3.42. The van der Waals surface area contributed by atoms with Crippen LogP contribution >= 0.6 is 0 Å². The largest absolute Gasteiger partial charge is 0.470 e. The molecule has 186 valence electrons. The first-order valence-electron chi connectivity index (χ1n) is 11.0. The molecule has 1 aromatic carbocycles. The first kappa shape index (κ1) is 24.7. The summed E-state index contributed by atoms with van der Waals surface area (Å²) >= 11 is 0. The highest BCUT2D eigenvalue weighted by Crippen LogP contribution is 2.27. The van der Waals surface area contributed by atoms with Crippen molar-refractivity contribution in [2.75, 3.05) is 34.0 Å². The van der Waals surface area contributed by atoms with Gasteiger partial charge in [-0.05, 0) is 18.2 Å². The molecular formula is C24H25N7O5. The number of nitrogens with one attached hydrogen (secondary N) is 1. The van der Waals surface area contributed by atoms with E-state index in [1.807, 2.05) is 24.3 Å². The first-order chi connectivity index (χ1) is 17.5. The van der Waals surface area contributed by atoms with Gasteiger partial charge in [0.15, 0.2) is 11.4 Å². The van der Waals surface area contributed by atoms with Gasteiger partial charge in [0.05, 0.1) is 23.6 Å². The number of nitrogens with zero attached hydrogens (tertiary/aromatic N) is 5. The number of ether oxygens (including phenoxy) is 3. The quantitative estimate of drug-likeness (QED) is 0.230. The Labute approximate surface area is 206 Å². The zero-order valence-electron chi connectivity index (χ0n) is 19.8. The first-order valence-corrected chi connectivity index (χ1v) is 11.0. The number of amides is 1. The summed E-state index contributed by atoms with van der Waals surface area (Å²) in [5, 5.41) is 17.1. The molecule has 4 aromatic rings. The topological polar surface area (TPSA) is 156 Å². The Kier molecular flexibility index (Phi) is 7.78. The summed E-state index contributed by atoms with van der Waals surface area (Å²) in [7, 11) is 2.99. The molecule has 0 atom stereocenters. The van der Waals surface area contributed by atoms with Crippen LogP contribution in [0, 0.1) is 0 Å². The minimum atomic E-state index is -0.314. The van der Waals surface area contributed by atoms with Gasteiger partial charge in [0, 0.05) is 43.8 Å². The van der Waals surface area contributed by atoms with Gasteiger partial charge >= 0.3 is 0 Å². The van der Waals surface area contributed by atoms with E-state index in [4.69, 9.17) is 19.9 Å². The Hall–Kier alpha value is -4.42. The molecule has 0 unspecified atom stereocenters. The van der Waals surface area contributed by atoms with Gasteiger partial charge in [0.2, 0.25) is 11.7 Å². The fourth-order valence-electron chi connectivity index (χ4n) is 3.42. The number of benzene rings is 1. The smallest absolute Gasteiger partial charge is 0.252 e. The van der Waals surface area contributed by atoms with Crippen LogP contribution in [-0.4, -0.2) is 70.5 Å². The molecule has 1 amide bonds. The van der Waals surface area contributed by atoms with Crippen LogP contribution < -0.4 is 15.8 Å². The Morgan fingerprint density at radius 2 is 1.89 bits per heavy atom. The number of carbonyl (C=O) groups excluding carboxylic acids is 2. The van der Waals surface area contributed by atoms with Gasteiger partial charge < -0.3 is 25.3 Å². The molecule has 0 aliphatic heterocycles. The monoisotopic (exact) mass is 491 g/mol. The third-order valence-electron chi connectivity index (χ3n) is 5.13. The third kappa shape index (κ3) is 5.45. The van der Waals surface area contributed by atoms with Gasteiger partial charge in [-0.3, -0.25) is 14.6 Å². The number of methoxy groups -OCH3 is 2. The maximum Gasteiger partial charge on any atom is 0.252 e. The van der Waals surface area contributed by atoms with Crippen molar-refractivity contribution in [3.05, 3.63) is 65.8 Å². The van der Waals surface area contributed by atoms with Gasteiger partial charge in [-0.2, -0.15) is 4.52 Å². The van der Waals surface area contributed by atoms with Gasteiger partial charge in [-0.15, -0.1) is 15.3 Å². The highest BCUT2D eigenvalue weighted by atomic mass is 16.5. The van der Waals surface area contributed by atoms with E-state index in [2.05, 4.69) is 25.6 Å². The van der Waals surface area contributed by atoms with Crippen molar-refractivity contribution < 1.29 is 23.8 Å². The summed E-state index contributed by atoms with van der Waals surface area (Å²) < 4.78 is 17.2. The highest BCUT2D eigenvalue weighted by molar-refractivity contribution is 5.98. The van der Waals surface area contributed by atoms with Crippen LogP contribution in [0.25, 0.3) is 22.1 Å². The average molecular weight is 492 g/mol. The number of ketones is 1. The summed E-state index contributed by atoms with van der Waals surface area (Å²) in [6.45, 7) is 0.828. The molecule has 0 fully saturated rings. The molecule has 0 saturated heterocycles. The number of fused-ring (bicyclic) bond motifs is 3. The van der Waals surface area contributed by atoms with Crippen molar-refractivity contribution in [1.29, 1.82) is 0 Å². The molecule has 12 nitrogen and oxygen atoms in total. The van der Waals surface area contributed by atoms with Gasteiger partial charge in [0.1, 0.15) is 13.2 Å². The molecule has 4 rings (SSSR count). The second-order valence-electron chi connectivity index (χ2n) is 7.68. The molecule has 0 radical (unpaired) electrons. The number of hydrogen-bond donors (Lipinski definition) is 2. The predicted octanol–water partition coefficient (Wildman–Crippen LogP) is 1.14. The van der Waals surface area contributed by atoms with Crippen molar-refractivity contribution in [2.24, 2.45) is 5.73 Å². The molecule has 12 heteroatoms. The molecule has 3 heterocycles. The van der Waals surface area contributed by atoms with Gasteiger partial charge in [-0.25, -0.2) is 0 Å². The number of hydrogen-bond acceptors (Lipinski definition) is 10. The van der Waals surface area contributed by atoms with E-state index in [-0.39, 0.29) is 36.4 Å². The standard InChI is InChI=1S/C24H25N7O5/c1-34-10-9-26-23(33)15-7-8-16(27-12-15)13-36-24-19-6-4-3-5-18(19)21-28-29-22(31(21)30-24)20(25)11-17(32)14-35-2/h3-8,11-12H,9-10,13-14,25H2,1-2H3,(H,26,33). The molecule has 0 spiro atoms.